The number of nitrogens with two attached hydrogens (primary N) is 1. The Bertz CT molecular complexity index is 1930. The maximum absolute atomic E-state index is 15.0. The van der Waals surface area contributed by atoms with E-state index in [4.69, 9.17) is 20.2 Å². The zero-order valence-electron chi connectivity index (χ0n) is 28.9. The molecule has 2 unspecified atom stereocenters. The number of primary amides is 1. The van der Waals surface area contributed by atoms with Crippen molar-refractivity contribution < 1.29 is 28.7 Å². The predicted molar refractivity (Wildman–Crippen MR) is 192 cm³/mol. The first-order chi connectivity index (χ1) is 23.8. The number of urea groups is 1. The number of rotatable bonds is 9. The van der Waals surface area contributed by atoms with Crippen LogP contribution < -0.4 is 26.0 Å². The largest absolute Gasteiger partial charge is 0.497 e. The van der Waals surface area contributed by atoms with Crippen molar-refractivity contribution in [3.63, 3.8) is 0 Å². The maximum Gasteiger partial charge on any atom is 0.338 e. The number of benzene rings is 4. The highest BCUT2D eigenvalue weighted by Crippen LogP contribution is 2.43. The Balaban J connectivity index is 1.63. The second-order valence-corrected chi connectivity index (χ2v) is 13.1. The van der Waals surface area contributed by atoms with Crippen LogP contribution in [-0.4, -0.2) is 48.4 Å². The van der Waals surface area contributed by atoms with Gasteiger partial charge in [0.15, 0.2) is 5.54 Å². The quantitative estimate of drug-likeness (QED) is 0.185. The molecule has 1 heterocycles. The number of amides is 4. The summed E-state index contributed by atoms with van der Waals surface area (Å²) in [4.78, 5) is 61.4. The number of nitrogens with zero attached hydrogens (tertiary/aromatic N) is 2. The number of hydrogen-bond donors (Lipinski definition) is 3. The van der Waals surface area contributed by atoms with Crippen LogP contribution in [0.15, 0.2) is 108 Å². The van der Waals surface area contributed by atoms with Crippen molar-refractivity contribution in [2.75, 3.05) is 17.3 Å². The predicted octanol–water partition coefficient (Wildman–Crippen LogP) is 6.02. The molecule has 0 saturated carbocycles. The molecule has 4 aromatic rings. The van der Waals surface area contributed by atoms with E-state index in [0.717, 1.165) is 0 Å². The summed E-state index contributed by atoms with van der Waals surface area (Å²) in [6.07, 6.45) is -1.51. The van der Waals surface area contributed by atoms with Crippen LogP contribution >= 0.6 is 0 Å². The van der Waals surface area contributed by atoms with Crippen molar-refractivity contribution in [2.45, 2.75) is 51.9 Å². The van der Waals surface area contributed by atoms with E-state index in [1.165, 1.54) is 18.1 Å². The molecule has 1 aliphatic heterocycles. The van der Waals surface area contributed by atoms with Crippen LogP contribution in [0.5, 0.6) is 5.75 Å². The van der Waals surface area contributed by atoms with Gasteiger partial charge in [0, 0.05) is 16.8 Å². The van der Waals surface area contributed by atoms with E-state index in [1.54, 1.807) is 75.4 Å². The Hall–Kier alpha value is -5.97. The van der Waals surface area contributed by atoms with Crippen molar-refractivity contribution >= 4 is 40.9 Å². The summed E-state index contributed by atoms with van der Waals surface area (Å²) >= 11 is 0. The molecule has 0 aromatic heterocycles. The van der Waals surface area contributed by atoms with Crippen molar-refractivity contribution in [1.29, 1.82) is 0 Å². The van der Waals surface area contributed by atoms with Crippen LogP contribution in [0.4, 0.5) is 16.2 Å². The van der Waals surface area contributed by atoms with Crippen LogP contribution in [0.1, 0.15) is 61.7 Å². The Kier molecular flexibility index (Phi) is 10.1. The topological polar surface area (TPSA) is 152 Å². The van der Waals surface area contributed by atoms with Crippen LogP contribution in [0.3, 0.4) is 0 Å². The third-order valence-corrected chi connectivity index (χ3v) is 8.28. The number of fused-ring (bicyclic) bond motifs is 1. The Morgan fingerprint density at radius 3 is 2.16 bits per heavy atom. The smallest absolute Gasteiger partial charge is 0.338 e. The number of esters is 1. The van der Waals surface area contributed by atoms with Gasteiger partial charge in [-0.1, -0.05) is 80.6 Å². The van der Waals surface area contributed by atoms with Crippen LogP contribution in [0, 0.1) is 5.92 Å². The van der Waals surface area contributed by atoms with Gasteiger partial charge in [0.2, 0.25) is 12.1 Å². The molecular weight excluding hydrogens is 634 g/mol. The fourth-order valence-corrected chi connectivity index (χ4v) is 6.10. The van der Waals surface area contributed by atoms with Crippen LogP contribution in [0.2, 0.25) is 0 Å². The first-order valence-corrected chi connectivity index (χ1v) is 16.2. The average molecular weight is 676 g/mol. The van der Waals surface area contributed by atoms with Crippen molar-refractivity contribution in [2.24, 2.45) is 16.6 Å². The third kappa shape index (κ3) is 7.07. The van der Waals surface area contributed by atoms with Crippen molar-refractivity contribution in [3.8, 4) is 5.75 Å². The summed E-state index contributed by atoms with van der Waals surface area (Å²) in [5.74, 6) is -2.01. The van der Waals surface area contributed by atoms with E-state index in [1.807, 2.05) is 56.3 Å². The third-order valence-electron chi connectivity index (χ3n) is 8.28. The number of methoxy groups -OCH3 is 1. The average Bonchev–Trinajstić information content (AvgIpc) is 3.19. The Morgan fingerprint density at radius 1 is 0.880 bits per heavy atom. The molecule has 0 saturated heterocycles. The highest BCUT2D eigenvalue weighted by Gasteiger charge is 2.53. The molecule has 1 aliphatic rings. The highest BCUT2D eigenvalue weighted by molar-refractivity contribution is 6.21. The maximum atomic E-state index is 15.0. The van der Waals surface area contributed by atoms with Gasteiger partial charge in [-0.15, -0.1) is 0 Å². The molecule has 4 amide bonds. The minimum atomic E-state index is -1.72. The first kappa shape index (κ1) is 35.3. The number of anilines is 2. The monoisotopic (exact) mass is 675 g/mol. The molecule has 0 bridgehead atoms. The fourth-order valence-electron chi connectivity index (χ4n) is 6.10. The zero-order valence-corrected chi connectivity index (χ0v) is 28.9. The zero-order chi connectivity index (χ0) is 36.2. The lowest BCUT2D eigenvalue weighted by atomic mass is 9.76. The lowest BCUT2D eigenvalue weighted by Crippen LogP contribution is -2.64. The number of carbonyl (C=O) groups is 4. The Labute approximate surface area is 291 Å². The number of para-hydroxylation sites is 1. The van der Waals surface area contributed by atoms with Gasteiger partial charge in [-0.25, -0.2) is 14.6 Å². The lowest BCUT2D eigenvalue weighted by molar-refractivity contribution is -0.131. The molecular formula is C39H41N5O6. The molecule has 50 heavy (non-hydrogen) atoms. The molecule has 0 spiro atoms. The van der Waals surface area contributed by atoms with Crippen LogP contribution in [0.25, 0.3) is 0 Å². The number of benzodiazepines with no additional fused rings is 1. The summed E-state index contributed by atoms with van der Waals surface area (Å²) < 4.78 is 10.8. The van der Waals surface area contributed by atoms with Crippen LogP contribution in [-0.2, 0) is 19.9 Å². The van der Waals surface area contributed by atoms with Gasteiger partial charge in [-0.2, -0.15) is 0 Å². The highest BCUT2D eigenvalue weighted by atomic mass is 16.6. The molecule has 4 N–H and O–H groups in total. The molecule has 11 heteroatoms. The SMILES string of the molecule is COc1ccc(C(C(N)=O)(C(C)C)N2C(=O)C(NC(=O)Nc3cccc(C(=O)OC(C)(C)C)c3)N=C(c3ccccc3)c3ccccc32)cc1. The molecule has 4 aromatic carbocycles. The van der Waals surface area contributed by atoms with E-state index >= 15 is 0 Å². The molecule has 5 rings (SSSR count). The van der Waals surface area contributed by atoms with Gasteiger partial charge in [-0.3, -0.25) is 14.5 Å². The number of hydrogen-bond acceptors (Lipinski definition) is 7. The second-order valence-electron chi connectivity index (χ2n) is 13.1. The van der Waals surface area contributed by atoms with Crippen molar-refractivity contribution in [3.05, 3.63) is 125 Å². The van der Waals surface area contributed by atoms with E-state index < -0.39 is 47.0 Å². The number of nitrogens with one attached hydrogen (secondary N) is 2. The second kappa shape index (κ2) is 14.3. The molecule has 2 atom stereocenters. The minimum Gasteiger partial charge on any atom is -0.497 e. The van der Waals surface area contributed by atoms with Gasteiger partial charge in [0.05, 0.1) is 24.1 Å². The normalized spacial score (nSPS) is 15.6. The molecule has 0 fully saturated rings. The number of ether oxygens (including phenoxy) is 2. The number of carbonyl (C=O) groups excluding carboxylic acids is 4. The lowest BCUT2D eigenvalue weighted by Gasteiger charge is -2.45. The van der Waals surface area contributed by atoms with Gasteiger partial charge < -0.3 is 25.8 Å². The summed E-state index contributed by atoms with van der Waals surface area (Å²) in [5, 5.41) is 5.42. The summed E-state index contributed by atoms with van der Waals surface area (Å²) in [6.45, 7) is 8.90. The van der Waals surface area contributed by atoms with Gasteiger partial charge in [-0.05, 0) is 68.7 Å². The molecule has 0 aliphatic carbocycles. The van der Waals surface area contributed by atoms with Gasteiger partial charge in [0.1, 0.15) is 11.4 Å². The summed E-state index contributed by atoms with van der Waals surface area (Å²) in [5.41, 5.74) is 6.90. The van der Waals surface area contributed by atoms with E-state index in [0.29, 0.717) is 33.8 Å². The minimum absolute atomic E-state index is 0.233. The van der Waals surface area contributed by atoms with E-state index in [2.05, 4.69) is 10.6 Å². The first-order valence-electron chi connectivity index (χ1n) is 16.2. The molecule has 0 radical (unpaired) electrons. The summed E-state index contributed by atoms with van der Waals surface area (Å²) in [6, 6.07) is 28.7. The van der Waals surface area contributed by atoms with E-state index in [9.17, 15) is 19.2 Å². The fraction of sp³-hybridized carbons (Fsp3) is 0.256. The standard InChI is InChI=1S/C39H41N5O6/c1-24(2)39(36(40)47,27-19-21-29(49-6)22-20-27)44-31-18-11-10-17-30(31)32(25-13-8-7-9-14-25)42-33(34(44)45)43-37(48)41-28-16-12-15-26(23-28)35(46)50-38(3,4)5/h7-24,33H,1-6H3,(H2,40,47)(H2,41,43,48). The molecule has 258 valence electrons. The van der Waals surface area contributed by atoms with E-state index in [-0.39, 0.29) is 11.3 Å². The summed E-state index contributed by atoms with van der Waals surface area (Å²) in [7, 11) is 1.53. The molecule has 11 nitrogen and oxygen atoms in total. The number of aliphatic imine (C=N–C) groups is 1. The Morgan fingerprint density at radius 2 is 1.54 bits per heavy atom. The van der Waals surface area contributed by atoms with Gasteiger partial charge in [0.25, 0.3) is 5.91 Å². The van der Waals surface area contributed by atoms with Crippen molar-refractivity contribution in [1.82, 2.24) is 5.32 Å². The van der Waals surface area contributed by atoms with Gasteiger partial charge >= 0.3 is 12.0 Å².